The van der Waals surface area contributed by atoms with Gasteiger partial charge in [0.25, 0.3) is 0 Å². The van der Waals surface area contributed by atoms with Crippen molar-refractivity contribution >= 4 is 21.5 Å². The first-order valence-corrected chi connectivity index (χ1v) is 9.38. The van der Waals surface area contributed by atoms with Crippen molar-refractivity contribution in [3.63, 3.8) is 0 Å². The van der Waals surface area contributed by atoms with Crippen LogP contribution in [0.2, 0.25) is 0 Å². The van der Waals surface area contributed by atoms with Crippen molar-refractivity contribution in [1.82, 2.24) is 0 Å². The van der Waals surface area contributed by atoms with E-state index >= 15 is 0 Å². The fraction of sp³-hybridized carbons (Fsp3) is 0.200. The standard InChI is InChI=1S/C25H24O2/c1-26-24-12-10-20-14-18(6-8-22(20)16-24)4-3-5-19-7-9-23-17-25(27-2)13-11-21(23)15-19/h6-17H,3-5H2,1-2H3. The van der Waals surface area contributed by atoms with Crippen LogP contribution in [0.4, 0.5) is 0 Å². The van der Waals surface area contributed by atoms with Gasteiger partial charge in [-0.1, -0.05) is 48.5 Å². The molecular weight excluding hydrogens is 332 g/mol. The second kappa shape index (κ2) is 7.71. The number of hydrogen-bond acceptors (Lipinski definition) is 2. The Morgan fingerprint density at radius 1 is 0.519 bits per heavy atom. The zero-order chi connectivity index (χ0) is 18.6. The van der Waals surface area contributed by atoms with Crippen molar-refractivity contribution in [3.05, 3.63) is 83.9 Å². The summed E-state index contributed by atoms with van der Waals surface area (Å²) in [6.07, 6.45) is 3.31. The minimum Gasteiger partial charge on any atom is -0.497 e. The van der Waals surface area contributed by atoms with Crippen LogP contribution in [-0.4, -0.2) is 14.2 Å². The molecule has 0 aliphatic rings. The molecule has 4 aromatic carbocycles. The Labute approximate surface area is 160 Å². The maximum atomic E-state index is 5.30. The van der Waals surface area contributed by atoms with Crippen LogP contribution >= 0.6 is 0 Å². The molecule has 4 aromatic rings. The van der Waals surface area contributed by atoms with E-state index in [9.17, 15) is 0 Å². The highest BCUT2D eigenvalue weighted by molar-refractivity contribution is 5.85. The highest BCUT2D eigenvalue weighted by Gasteiger charge is 2.02. The lowest BCUT2D eigenvalue weighted by Crippen LogP contribution is -1.91. The molecule has 4 rings (SSSR count). The van der Waals surface area contributed by atoms with Crippen molar-refractivity contribution in [2.24, 2.45) is 0 Å². The van der Waals surface area contributed by atoms with Gasteiger partial charge in [-0.3, -0.25) is 0 Å². The van der Waals surface area contributed by atoms with Crippen LogP contribution in [0.3, 0.4) is 0 Å². The Hall–Kier alpha value is -3.00. The van der Waals surface area contributed by atoms with Gasteiger partial charge in [-0.15, -0.1) is 0 Å². The molecule has 0 spiro atoms. The summed E-state index contributed by atoms with van der Waals surface area (Å²) in [6, 6.07) is 25.9. The number of hydrogen-bond donors (Lipinski definition) is 0. The first-order chi connectivity index (χ1) is 13.2. The van der Waals surface area contributed by atoms with E-state index in [0.717, 1.165) is 30.8 Å². The molecule has 0 N–H and O–H groups in total. The predicted molar refractivity (Wildman–Crippen MR) is 113 cm³/mol. The van der Waals surface area contributed by atoms with E-state index in [1.807, 2.05) is 12.1 Å². The summed E-state index contributed by atoms with van der Waals surface area (Å²) in [4.78, 5) is 0. The summed E-state index contributed by atoms with van der Waals surface area (Å²) in [5.74, 6) is 1.81. The third kappa shape index (κ3) is 3.90. The quantitative estimate of drug-likeness (QED) is 0.410. The molecule has 0 aliphatic heterocycles. The van der Waals surface area contributed by atoms with Crippen LogP contribution in [0, 0.1) is 0 Å². The van der Waals surface area contributed by atoms with Crippen LogP contribution in [0.1, 0.15) is 17.5 Å². The number of fused-ring (bicyclic) bond motifs is 2. The van der Waals surface area contributed by atoms with E-state index in [-0.39, 0.29) is 0 Å². The average Bonchev–Trinajstić information content (AvgIpc) is 2.72. The van der Waals surface area contributed by atoms with Gasteiger partial charge in [0.15, 0.2) is 0 Å². The normalized spacial score (nSPS) is 11.0. The zero-order valence-electron chi connectivity index (χ0n) is 15.9. The monoisotopic (exact) mass is 356 g/mol. The van der Waals surface area contributed by atoms with E-state index in [1.165, 1.54) is 32.7 Å². The van der Waals surface area contributed by atoms with E-state index in [0.29, 0.717) is 0 Å². The van der Waals surface area contributed by atoms with E-state index in [2.05, 4.69) is 60.7 Å². The number of methoxy groups -OCH3 is 2. The van der Waals surface area contributed by atoms with Crippen molar-refractivity contribution in [3.8, 4) is 11.5 Å². The molecule has 0 aromatic heterocycles. The van der Waals surface area contributed by atoms with Crippen LogP contribution in [-0.2, 0) is 12.8 Å². The van der Waals surface area contributed by atoms with Crippen molar-refractivity contribution in [1.29, 1.82) is 0 Å². The molecule has 0 unspecified atom stereocenters. The fourth-order valence-corrected chi connectivity index (χ4v) is 3.61. The van der Waals surface area contributed by atoms with Gasteiger partial charge < -0.3 is 9.47 Å². The molecule has 0 heterocycles. The zero-order valence-corrected chi connectivity index (χ0v) is 15.9. The smallest absolute Gasteiger partial charge is 0.119 e. The second-order valence-electron chi connectivity index (χ2n) is 6.95. The van der Waals surface area contributed by atoms with Crippen LogP contribution in [0.15, 0.2) is 72.8 Å². The number of ether oxygens (including phenoxy) is 2. The van der Waals surface area contributed by atoms with Gasteiger partial charge in [-0.05, 0) is 76.2 Å². The van der Waals surface area contributed by atoms with Gasteiger partial charge in [-0.25, -0.2) is 0 Å². The minimum atomic E-state index is 0.907. The molecule has 0 atom stereocenters. The van der Waals surface area contributed by atoms with Gasteiger partial charge in [0.2, 0.25) is 0 Å². The average molecular weight is 356 g/mol. The maximum Gasteiger partial charge on any atom is 0.119 e. The largest absolute Gasteiger partial charge is 0.497 e. The Bertz CT molecular complexity index is 995. The van der Waals surface area contributed by atoms with Crippen molar-refractivity contribution < 1.29 is 9.47 Å². The first kappa shape index (κ1) is 17.4. The Morgan fingerprint density at radius 3 is 1.37 bits per heavy atom. The van der Waals surface area contributed by atoms with Gasteiger partial charge >= 0.3 is 0 Å². The van der Waals surface area contributed by atoms with Crippen LogP contribution in [0.5, 0.6) is 11.5 Å². The number of aryl methyl sites for hydroxylation is 2. The second-order valence-corrected chi connectivity index (χ2v) is 6.95. The summed E-state index contributed by atoms with van der Waals surface area (Å²) in [5.41, 5.74) is 2.77. The van der Waals surface area contributed by atoms with Crippen molar-refractivity contribution in [2.75, 3.05) is 14.2 Å². The highest BCUT2D eigenvalue weighted by atomic mass is 16.5. The molecule has 0 aliphatic carbocycles. The lowest BCUT2D eigenvalue weighted by Gasteiger charge is -2.07. The summed E-state index contributed by atoms with van der Waals surface area (Å²) in [5, 5.41) is 4.99. The minimum absolute atomic E-state index is 0.907. The summed E-state index contributed by atoms with van der Waals surface area (Å²) in [7, 11) is 3.41. The lowest BCUT2D eigenvalue weighted by molar-refractivity contribution is 0.415. The highest BCUT2D eigenvalue weighted by Crippen LogP contribution is 2.24. The number of rotatable bonds is 6. The van der Waals surface area contributed by atoms with E-state index in [1.54, 1.807) is 14.2 Å². The van der Waals surface area contributed by atoms with Crippen molar-refractivity contribution in [2.45, 2.75) is 19.3 Å². The topological polar surface area (TPSA) is 18.5 Å². The third-order valence-corrected chi connectivity index (χ3v) is 5.15. The Morgan fingerprint density at radius 2 is 0.926 bits per heavy atom. The summed E-state index contributed by atoms with van der Waals surface area (Å²) in [6.45, 7) is 0. The molecule has 136 valence electrons. The van der Waals surface area contributed by atoms with Gasteiger partial charge in [-0.2, -0.15) is 0 Å². The molecule has 0 radical (unpaired) electrons. The SMILES string of the molecule is COc1ccc2cc(CCCc3ccc4cc(OC)ccc4c3)ccc2c1. The molecule has 27 heavy (non-hydrogen) atoms. The van der Waals surface area contributed by atoms with Crippen LogP contribution in [0.25, 0.3) is 21.5 Å². The Kier molecular flexibility index (Phi) is 4.97. The van der Waals surface area contributed by atoms with E-state index in [4.69, 9.17) is 9.47 Å². The molecule has 0 amide bonds. The van der Waals surface area contributed by atoms with E-state index < -0.39 is 0 Å². The molecule has 2 nitrogen and oxygen atoms in total. The maximum absolute atomic E-state index is 5.30. The molecule has 2 heteroatoms. The molecule has 0 saturated heterocycles. The molecule has 0 fully saturated rings. The summed E-state index contributed by atoms with van der Waals surface area (Å²) < 4.78 is 10.6. The van der Waals surface area contributed by atoms with Gasteiger partial charge in [0, 0.05) is 0 Å². The fourth-order valence-electron chi connectivity index (χ4n) is 3.61. The molecule has 0 bridgehead atoms. The van der Waals surface area contributed by atoms with Gasteiger partial charge in [0.1, 0.15) is 11.5 Å². The first-order valence-electron chi connectivity index (χ1n) is 9.38. The lowest BCUT2D eigenvalue weighted by atomic mass is 9.99. The van der Waals surface area contributed by atoms with Crippen LogP contribution < -0.4 is 9.47 Å². The summed E-state index contributed by atoms with van der Waals surface area (Å²) >= 11 is 0. The predicted octanol–water partition coefficient (Wildman–Crippen LogP) is 6.19. The van der Waals surface area contributed by atoms with Gasteiger partial charge in [0.05, 0.1) is 14.2 Å². The molecular formula is C25H24O2. The third-order valence-electron chi connectivity index (χ3n) is 5.15. The Balaban J connectivity index is 1.43. The number of benzene rings is 4. The molecule has 0 saturated carbocycles.